The molecule has 3 amide bonds. The fourth-order valence-corrected chi connectivity index (χ4v) is 3.49. The number of aromatic nitrogens is 1. The average molecular weight is 364 g/mol. The monoisotopic (exact) mass is 364 g/mol. The zero-order valence-electron chi connectivity index (χ0n) is 14.8. The van der Waals surface area contributed by atoms with Crippen molar-refractivity contribution < 1.29 is 14.4 Å². The molecule has 1 unspecified atom stereocenters. The van der Waals surface area contributed by atoms with Crippen molar-refractivity contribution in [3.8, 4) is 0 Å². The number of rotatable bonds is 4. The quantitative estimate of drug-likeness (QED) is 0.800. The van der Waals surface area contributed by atoms with Gasteiger partial charge in [0, 0.05) is 30.5 Å². The highest BCUT2D eigenvalue weighted by atomic mass is 16.2. The predicted octanol–water partition coefficient (Wildman–Crippen LogP) is 1.36. The number of amides is 3. The van der Waals surface area contributed by atoms with Gasteiger partial charge in [0.05, 0.1) is 17.7 Å². The number of pyridine rings is 1. The third-order valence-electron chi connectivity index (χ3n) is 4.96. The van der Waals surface area contributed by atoms with E-state index in [1.807, 2.05) is 0 Å². The molecule has 0 saturated carbocycles. The summed E-state index contributed by atoms with van der Waals surface area (Å²) in [5, 5.41) is 6.24. The maximum atomic E-state index is 12.7. The number of nitrogens with zero attached hydrogens (tertiary/aromatic N) is 2. The second kappa shape index (κ2) is 7.28. The Morgan fingerprint density at radius 2 is 1.93 bits per heavy atom. The summed E-state index contributed by atoms with van der Waals surface area (Å²) in [6.07, 6.45) is 5.19. The zero-order valence-corrected chi connectivity index (χ0v) is 14.8. The fourth-order valence-electron chi connectivity index (χ4n) is 3.49. The smallest absolute Gasteiger partial charge is 0.261 e. The highest BCUT2D eigenvalue weighted by molar-refractivity contribution is 6.22. The number of nitrogens with one attached hydrogen (secondary N) is 2. The maximum Gasteiger partial charge on any atom is 0.261 e. The largest absolute Gasteiger partial charge is 0.348 e. The summed E-state index contributed by atoms with van der Waals surface area (Å²) in [5.41, 5.74) is 1.84. The lowest BCUT2D eigenvalue weighted by atomic mass is 10.0. The van der Waals surface area contributed by atoms with Gasteiger partial charge in [-0.3, -0.25) is 24.3 Å². The van der Waals surface area contributed by atoms with E-state index in [2.05, 4.69) is 15.6 Å². The highest BCUT2D eigenvalue weighted by Gasteiger charge is 2.36. The van der Waals surface area contributed by atoms with Gasteiger partial charge in [-0.2, -0.15) is 0 Å². The molecule has 0 radical (unpaired) electrons. The zero-order chi connectivity index (χ0) is 18.8. The minimum Gasteiger partial charge on any atom is -0.348 e. The van der Waals surface area contributed by atoms with Crippen molar-refractivity contribution in [3.05, 3.63) is 65.0 Å². The van der Waals surface area contributed by atoms with Crippen LogP contribution >= 0.6 is 0 Å². The van der Waals surface area contributed by atoms with E-state index in [-0.39, 0.29) is 35.9 Å². The van der Waals surface area contributed by atoms with Crippen LogP contribution in [0.5, 0.6) is 0 Å². The standard InChI is InChI=1S/C20H20N4O3/c25-18(23-15-2-1-7-22-11-15)14-3-4-16-17(10-14)20(27)24(19(16)26)12-13-5-8-21-9-6-13/h3-6,8-10,15,22H,1-2,7,11-12H2,(H,23,25). The summed E-state index contributed by atoms with van der Waals surface area (Å²) in [4.78, 5) is 43.0. The molecule has 1 fully saturated rings. The van der Waals surface area contributed by atoms with Crippen LogP contribution in [0.4, 0.5) is 0 Å². The SMILES string of the molecule is O=C(NC1CCCNC1)c1ccc2c(c1)C(=O)N(Cc1ccncc1)C2=O. The summed E-state index contributed by atoms with van der Waals surface area (Å²) in [6, 6.07) is 8.30. The Labute approximate surface area is 156 Å². The molecule has 0 aliphatic carbocycles. The lowest BCUT2D eigenvalue weighted by Gasteiger charge is -2.23. The third-order valence-corrected chi connectivity index (χ3v) is 4.96. The number of imide groups is 1. The lowest BCUT2D eigenvalue weighted by Crippen LogP contribution is -2.45. The molecule has 3 heterocycles. The van der Waals surface area contributed by atoms with Crippen molar-refractivity contribution in [2.75, 3.05) is 13.1 Å². The Morgan fingerprint density at radius 1 is 1.15 bits per heavy atom. The van der Waals surface area contributed by atoms with Gasteiger partial charge in [-0.15, -0.1) is 0 Å². The molecule has 27 heavy (non-hydrogen) atoms. The summed E-state index contributed by atoms with van der Waals surface area (Å²) in [7, 11) is 0. The van der Waals surface area contributed by atoms with Crippen LogP contribution in [-0.2, 0) is 6.54 Å². The van der Waals surface area contributed by atoms with E-state index in [0.29, 0.717) is 11.1 Å². The average Bonchev–Trinajstić information content (AvgIpc) is 2.94. The van der Waals surface area contributed by atoms with E-state index in [0.717, 1.165) is 31.5 Å². The molecule has 7 heteroatoms. The molecule has 1 aromatic carbocycles. The molecule has 2 aromatic rings. The van der Waals surface area contributed by atoms with Crippen molar-refractivity contribution in [2.45, 2.75) is 25.4 Å². The number of fused-ring (bicyclic) bond motifs is 1. The summed E-state index contributed by atoms with van der Waals surface area (Å²) < 4.78 is 0. The summed E-state index contributed by atoms with van der Waals surface area (Å²) >= 11 is 0. The molecule has 2 N–H and O–H groups in total. The fraction of sp³-hybridized carbons (Fsp3) is 0.300. The van der Waals surface area contributed by atoms with Gasteiger partial charge in [0.25, 0.3) is 17.7 Å². The molecule has 2 aliphatic heterocycles. The number of hydrogen-bond donors (Lipinski definition) is 2. The van der Waals surface area contributed by atoms with E-state index in [1.54, 1.807) is 36.7 Å². The molecule has 0 bridgehead atoms. The van der Waals surface area contributed by atoms with Gasteiger partial charge in [-0.1, -0.05) is 0 Å². The van der Waals surface area contributed by atoms with E-state index in [1.165, 1.54) is 11.0 Å². The van der Waals surface area contributed by atoms with Gasteiger partial charge >= 0.3 is 0 Å². The van der Waals surface area contributed by atoms with Gasteiger partial charge in [-0.05, 0) is 55.3 Å². The van der Waals surface area contributed by atoms with Crippen LogP contribution in [0, 0.1) is 0 Å². The number of carbonyl (C=O) groups excluding carboxylic acids is 3. The molecule has 0 spiro atoms. The van der Waals surface area contributed by atoms with E-state index in [4.69, 9.17) is 0 Å². The Hall–Kier alpha value is -3.06. The van der Waals surface area contributed by atoms with Crippen LogP contribution in [0.1, 0.15) is 49.5 Å². The first-order valence-electron chi connectivity index (χ1n) is 9.04. The van der Waals surface area contributed by atoms with Crippen molar-refractivity contribution in [1.82, 2.24) is 20.5 Å². The Kier molecular flexibility index (Phi) is 4.68. The predicted molar refractivity (Wildman–Crippen MR) is 98.2 cm³/mol. The first kappa shape index (κ1) is 17.4. The normalized spacial score (nSPS) is 19.1. The minimum atomic E-state index is -0.374. The molecule has 1 saturated heterocycles. The molecule has 2 aliphatic rings. The lowest BCUT2D eigenvalue weighted by molar-refractivity contribution is 0.0642. The van der Waals surface area contributed by atoms with Gasteiger partial charge in [0.2, 0.25) is 0 Å². The van der Waals surface area contributed by atoms with Crippen LogP contribution in [-0.4, -0.2) is 46.7 Å². The Morgan fingerprint density at radius 3 is 2.67 bits per heavy atom. The number of benzene rings is 1. The van der Waals surface area contributed by atoms with Gasteiger partial charge in [-0.25, -0.2) is 0 Å². The molecule has 138 valence electrons. The number of piperidine rings is 1. The second-order valence-electron chi connectivity index (χ2n) is 6.83. The second-order valence-corrected chi connectivity index (χ2v) is 6.83. The van der Waals surface area contributed by atoms with Crippen LogP contribution in [0.2, 0.25) is 0 Å². The van der Waals surface area contributed by atoms with Crippen LogP contribution in [0.25, 0.3) is 0 Å². The summed E-state index contributed by atoms with van der Waals surface area (Å²) in [5.74, 6) is -0.935. The molecule has 1 aromatic heterocycles. The van der Waals surface area contributed by atoms with E-state index >= 15 is 0 Å². The van der Waals surface area contributed by atoms with Crippen molar-refractivity contribution >= 4 is 17.7 Å². The first-order chi connectivity index (χ1) is 13.1. The van der Waals surface area contributed by atoms with Crippen LogP contribution < -0.4 is 10.6 Å². The first-order valence-corrected chi connectivity index (χ1v) is 9.04. The molecule has 7 nitrogen and oxygen atoms in total. The summed E-state index contributed by atoms with van der Waals surface area (Å²) in [6.45, 7) is 1.90. The molecular formula is C20H20N4O3. The van der Waals surface area contributed by atoms with E-state index in [9.17, 15) is 14.4 Å². The Bertz CT molecular complexity index is 891. The van der Waals surface area contributed by atoms with Gasteiger partial charge < -0.3 is 10.6 Å². The van der Waals surface area contributed by atoms with Gasteiger partial charge in [0.1, 0.15) is 0 Å². The maximum absolute atomic E-state index is 12.7. The van der Waals surface area contributed by atoms with Crippen molar-refractivity contribution in [1.29, 1.82) is 0 Å². The minimum absolute atomic E-state index is 0.0834. The topological polar surface area (TPSA) is 91.4 Å². The molecule has 4 rings (SSSR count). The molecule has 1 atom stereocenters. The van der Waals surface area contributed by atoms with Crippen molar-refractivity contribution in [3.63, 3.8) is 0 Å². The third kappa shape index (κ3) is 3.46. The van der Waals surface area contributed by atoms with Crippen LogP contribution in [0.15, 0.2) is 42.7 Å². The number of carbonyl (C=O) groups is 3. The van der Waals surface area contributed by atoms with E-state index < -0.39 is 0 Å². The van der Waals surface area contributed by atoms with Crippen molar-refractivity contribution in [2.24, 2.45) is 0 Å². The van der Waals surface area contributed by atoms with Crippen LogP contribution in [0.3, 0.4) is 0 Å². The Balaban J connectivity index is 1.52. The molecular weight excluding hydrogens is 344 g/mol. The highest BCUT2D eigenvalue weighted by Crippen LogP contribution is 2.25. The van der Waals surface area contributed by atoms with Gasteiger partial charge in [0.15, 0.2) is 0 Å². The number of hydrogen-bond acceptors (Lipinski definition) is 5.